The average molecular weight is 238 g/mol. The summed E-state index contributed by atoms with van der Waals surface area (Å²) < 4.78 is 5.13. The van der Waals surface area contributed by atoms with Crippen LogP contribution < -0.4 is 10.6 Å². The molecule has 0 aliphatic heterocycles. The molecule has 0 bridgehead atoms. The van der Waals surface area contributed by atoms with E-state index in [4.69, 9.17) is 10.5 Å². The molecule has 1 rings (SSSR count). The van der Waals surface area contributed by atoms with Crippen LogP contribution in [0.2, 0.25) is 0 Å². The Morgan fingerprint density at radius 3 is 2.65 bits per heavy atom. The first-order chi connectivity index (χ1) is 8.19. The minimum Gasteiger partial charge on any atom is -0.383 e. The number of hydrogen-bond donors (Lipinski definition) is 1. The van der Waals surface area contributed by atoms with Gasteiger partial charge in [-0.05, 0) is 5.92 Å². The van der Waals surface area contributed by atoms with Crippen LogP contribution in [-0.4, -0.2) is 36.8 Å². The second kappa shape index (κ2) is 7.19. The third-order valence-corrected chi connectivity index (χ3v) is 2.40. The molecule has 0 radical (unpaired) electrons. The maximum atomic E-state index is 5.69. The van der Waals surface area contributed by atoms with E-state index in [-0.39, 0.29) is 0 Å². The van der Waals surface area contributed by atoms with Crippen LogP contribution in [0.3, 0.4) is 0 Å². The molecule has 1 heterocycles. The Bertz CT molecular complexity index is 330. The van der Waals surface area contributed by atoms with Gasteiger partial charge in [0.2, 0.25) is 0 Å². The molecular weight excluding hydrogens is 216 g/mol. The molecule has 0 saturated carbocycles. The van der Waals surface area contributed by atoms with Gasteiger partial charge in [-0.3, -0.25) is 4.98 Å². The molecular formula is C12H22N4O. The minimum atomic E-state index is 0.407. The van der Waals surface area contributed by atoms with Gasteiger partial charge in [-0.25, -0.2) is 4.98 Å². The van der Waals surface area contributed by atoms with E-state index in [9.17, 15) is 0 Å². The van der Waals surface area contributed by atoms with Crippen LogP contribution in [0.4, 0.5) is 5.82 Å². The maximum Gasteiger partial charge on any atom is 0.151 e. The fourth-order valence-electron chi connectivity index (χ4n) is 1.69. The Labute approximate surface area is 103 Å². The van der Waals surface area contributed by atoms with Gasteiger partial charge in [-0.1, -0.05) is 13.8 Å². The van der Waals surface area contributed by atoms with Crippen molar-refractivity contribution in [3.05, 3.63) is 18.1 Å². The zero-order chi connectivity index (χ0) is 12.7. The van der Waals surface area contributed by atoms with E-state index in [0.29, 0.717) is 19.1 Å². The first kappa shape index (κ1) is 13.9. The lowest BCUT2D eigenvalue weighted by Crippen LogP contribution is -2.33. The lowest BCUT2D eigenvalue weighted by molar-refractivity contribution is 0.204. The lowest BCUT2D eigenvalue weighted by Gasteiger charge is -2.26. The van der Waals surface area contributed by atoms with Crippen molar-refractivity contribution in [2.24, 2.45) is 11.7 Å². The number of aromatic nitrogens is 2. The number of nitrogens with two attached hydrogens (primary N) is 1. The second-order valence-electron chi connectivity index (χ2n) is 4.36. The van der Waals surface area contributed by atoms with E-state index in [2.05, 4.69) is 28.7 Å². The molecule has 0 spiro atoms. The summed E-state index contributed by atoms with van der Waals surface area (Å²) in [5, 5.41) is 0. The summed E-state index contributed by atoms with van der Waals surface area (Å²) >= 11 is 0. The fourth-order valence-corrected chi connectivity index (χ4v) is 1.69. The van der Waals surface area contributed by atoms with E-state index in [1.807, 2.05) is 0 Å². The molecule has 0 aromatic carbocycles. The van der Waals surface area contributed by atoms with Crippen LogP contribution in [0, 0.1) is 5.92 Å². The van der Waals surface area contributed by atoms with Crippen molar-refractivity contribution in [3.8, 4) is 0 Å². The van der Waals surface area contributed by atoms with Crippen molar-refractivity contribution < 1.29 is 4.74 Å². The van der Waals surface area contributed by atoms with E-state index >= 15 is 0 Å². The first-order valence-electron chi connectivity index (χ1n) is 5.92. The molecule has 1 aromatic rings. The highest BCUT2D eigenvalue weighted by Crippen LogP contribution is 2.15. The van der Waals surface area contributed by atoms with E-state index in [0.717, 1.165) is 24.6 Å². The summed E-state index contributed by atoms with van der Waals surface area (Å²) in [5.74, 6) is 1.43. The number of hydrogen-bond acceptors (Lipinski definition) is 5. The zero-order valence-corrected chi connectivity index (χ0v) is 10.9. The smallest absolute Gasteiger partial charge is 0.151 e. The van der Waals surface area contributed by atoms with E-state index in [1.165, 1.54) is 0 Å². The molecule has 2 N–H and O–H groups in total. The third kappa shape index (κ3) is 4.28. The summed E-state index contributed by atoms with van der Waals surface area (Å²) in [6, 6.07) is 0. The van der Waals surface area contributed by atoms with Crippen molar-refractivity contribution in [3.63, 3.8) is 0 Å². The molecule has 0 atom stereocenters. The monoisotopic (exact) mass is 238 g/mol. The Morgan fingerprint density at radius 1 is 1.35 bits per heavy atom. The summed E-state index contributed by atoms with van der Waals surface area (Å²) in [6.07, 6.45) is 3.38. The topological polar surface area (TPSA) is 64.3 Å². The lowest BCUT2D eigenvalue weighted by atomic mass is 10.2. The minimum absolute atomic E-state index is 0.407. The van der Waals surface area contributed by atoms with Gasteiger partial charge in [0, 0.05) is 39.1 Å². The molecule has 17 heavy (non-hydrogen) atoms. The van der Waals surface area contributed by atoms with Crippen LogP contribution in [0.15, 0.2) is 12.4 Å². The van der Waals surface area contributed by atoms with Crippen LogP contribution in [0.25, 0.3) is 0 Å². The predicted octanol–water partition coefficient (Wildman–Crippen LogP) is 1.04. The Morgan fingerprint density at radius 2 is 2.06 bits per heavy atom. The summed E-state index contributed by atoms with van der Waals surface area (Å²) in [7, 11) is 1.70. The van der Waals surface area contributed by atoms with Gasteiger partial charge in [-0.2, -0.15) is 0 Å². The Kier molecular flexibility index (Phi) is 5.86. The van der Waals surface area contributed by atoms with Gasteiger partial charge in [0.1, 0.15) is 0 Å². The van der Waals surface area contributed by atoms with Crippen molar-refractivity contribution >= 4 is 5.82 Å². The first-order valence-corrected chi connectivity index (χ1v) is 5.92. The predicted molar refractivity (Wildman–Crippen MR) is 68.9 cm³/mol. The van der Waals surface area contributed by atoms with Gasteiger partial charge in [0.05, 0.1) is 12.3 Å². The molecule has 5 heteroatoms. The molecule has 0 aliphatic rings. The summed E-state index contributed by atoms with van der Waals surface area (Å²) in [5.41, 5.74) is 6.52. The van der Waals surface area contributed by atoms with Crippen LogP contribution in [0.1, 0.15) is 19.5 Å². The van der Waals surface area contributed by atoms with Crippen molar-refractivity contribution in [1.29, 1.82) is 0 Å². The number of methoxy groups -OCH3 is 1. The number of anilines is 1. The molecule has 1 aromatic heterocycles. The molecule has 0 amide bonds. The molecule has 5 nitrogen and oxygen atoms in total. The van der Waals surface area contributed by atoms with Crippen molar-refractivity contribution in [1.82, 2.24) is 9.97 Å². The largest absolute Gasteiger partial charge is 0.383 e. The highest BCUT2D eigenvalue weighted by atomic mass is 16.5. The van der Waals surface area contributed by atoms with Gasteiger partial charge in [0.25, 0.3) is 0 Å². The quantitative estimate of drug-likeness (QED) is 0.769. The number of nitrogens with zero attached hydrogens (tertiary/aromatic N) is 3. The Hall–Kier alpha value is -1.20. The van der Waals surface area contributed by atoms with E-state index < -0.39 is 0 Å². The zero-order valence-electron chi connectivity index (χ0n) is 10.9. The van der Waals surface area contributed by atoms with Crippen molar-refractivity contribution in [2.45, 2.75) is 20.4 Å². The third-order valence-electron chi connectivity index (χ3n) is 2.40. The standard InChI is InChI=1S/C12H22N4O/c1-10(2)9-16(6-7-17-3)12-11(8-13)14-4-5-15-12/h4-5,10H,6-9,13H2,1-3H3. The van der Waals surface area contributed by atoms with Crippen LogP contribution in [0.5, 0.6) is 0 Å². The van der Waals surface area contributed by atoms with Crippen LogP contribution >= 0.6 is 0 Å². The summed E-state index contributed by atoms with van der Waals surface area (Å²) in [4.78, 5) is 10.8. The van der Waals surface area contributed by atoms with Gasteiger partial charge >= 0.3 is 0 Å². The normalized spacial score (nSPS) is 10.9. The van der Waals surface area contributed by atoms with Gasteiger partial charge in [-0.15, -0.1) is 0 Å². The SMILES string of the molecule is COCCN(CC(C)C)c1nccnc1CN. The molecule has 96 valence electrons. The molecule has 0 saturated heterocycles. The maximum absolute atomic E-state index is 5.69. The molecule has 0 unspecified atom stereocenters. The van der Waals surface area contributed by atoms with Crippen molar-refractivity contribution in [2.75, 3.05) is 31.7 Å². The highest BCUT2D eigenvalue weighted by Gasteiger charge is 2.13. The molecule has 0 fully saturated rings. The second-order valence-corrected chi connectivity index (χ2v) is 4.36. The highest BCUT2D eigenvalue weighted by molar-refractivity contribution is 5.42. The number of ether oxygens (including phenoxy) is 1. The van der Waals surface area contributed by atoms with E-state index in [1.54, 1.807) is 19.5 Å². The van der Waals surface area contributed by atoms with Gasteiger partial charge in [0.15, 0.2) is 5.82 Å². The fraction of sp³-hybridized carbons (Fsp3) is 0.667. The van der Waals surface area contributed by atoms with Crippen LogP contribution in [-0.2, 0) is 11.3 Å². The average Bonchev–Trinajstić information content (AvgIpc) is 2.34. The summed E-state index contributed by atoms with van der Waals surface area (Å²) in [6.45, 7) is 7.17. The molecule has 0 aliphatic carbocycles. The van der Waals surface area contributed by atoms with Gasteiger partial charge < -0.3 is 15.4 Å². The Balaban J connectivity index is 2.86. The number of rotatable bonds is 7.